The number of hydrogen-bond acceptors (Lipinski definition) is 6. The second-order valence-corrected chi connectivity index (χ2v) is 7.72. The Kier molecular flexibility index (Phi) is 6.47. The fraction of sp³-hybridized carbons (Fsp3) is 0.435. The lowest BCUT2D eigenvalue weighted by Gasteiger charge is -2.35. The van der Waals surface area contributed by atoms with E-state index in [1.807, 2.05) is 35.2 Å². The molecule has 2 aliphatic rings. The van der Waals surface area contributed by atoms with Crippen molar-refractivity contribution in [2.45, 2.75) is 19.3 Å². The SMILES string of the molecule is COc1ccc(/C=C/C(=O)N2CCN(c3ccc(N4CCCCC4)nn3)CC2)cc1. The van der Waals surface area contributed by atoms with Crippen molar-refractivity contribution in [2.24, 2.45) is 0 Å². The fourth-order valence-electron chi connectivity index (χ4n) is 3.92. The number of piperazine rings is 1. The van der Waals surface area contributed by atoms with E-state index in [2.05, 4.69) is 32.1 Å². The predicted molar refractivity (Wildman–Crippen MR) is 119 cm³/mol. The molecule has 30 heavy (non-hydrogen) atoms. The minimum atomic E-state index is 0.0389. The molecule has 0 saturated carbocycles. The molecular formula is C23H29N5O2. The number of carbonyl (C=O) groups is 1. The standard InChI is InChI=1S/C23H29N5O2/c1-30-20-8-5-19(6-9-20)7-12-23(29)28-17-15-27(16-18-28)22-11-10-21(24-25-22)26-13-3-2-4-14-26/h5-12H,2-4,13-18H2,1H3/b12-7+. The van der Waals surface area contributed by atoms with Crippen molar-refractivity contribution in [1.29, 1.82) is 0 Å². The zero-order valence-electron chi connectivity index (χ0n) is 17.5. The molecule has 0 radical (unpaired) electrons. The molecular weight excluding hydrogens is 378 g/mol. The van der Waals surface area contributed by atoms with E-state index >= 15 is 0 Å². The summed E-state index contributed by atoms with van der Waals surface area (Å²) < 4.78 is 5.16. The Balaban J connectivity index is 1.28. The summed E-state index contributed by atoms with van der Waals surface area (Å²) in [5.41, 5.74) is 0.979. The molecule has 0 bridgehead atoms. The second-order valence-electron chi connectivity index (χ2n) is 7.72. The Bertz CT molecular complexity index is 852. The molecule has 0 aliphatic carbocycles. The normalized spacial score (nSPS) is 17.4. The average molecular weight is 408 g/mol. The maximum absolute atomic E-state index is 12.5. The van der Waals surface area contributed by atoms with Gasteiger partial charge in [-0.3, -0.25) is 4.79 Å². The molecule has 7 heteroatoms. The van der Waals surface area contributed by atoms with Gasteiger partial charge in [0.15, 0.2) is 11.6 Å². The highest BCUT2D eigenvalue weighted by Gasteiger charge is 2.21. The summed E-state index contributed by atoms with van der Waals surface area (Å²) in [4.78, 5) is 18.9. The van der Waals surface area contributed by atoms with Crippen molar-refractivity contribution in [1.82, 2.24) is 15.1 Å². The molecule has 1 aromatic carbocycles. The van der Waals surface area contributed by atoms with Crippen molar-refractivity contribution in [2.75, 3.05) is 56.2 Å². The van der Waals surface area contributed by atoms with Gasteiger partial charge in [0.1, 0.15) is 5.75 Å². The van der Waals surface area contributed by atoms with Gasteiger partial charge in [0, 0.05) is 45.3 Å². The smallest absolute Gasteiger partial charge is 0.246 e. The molecule has 0 spiro atoms. The van der Waals surface area contributed by atoms with Crippen molar-refractivity contribution in [3.05, 3.63) is 48.0 Å². The molecule has 1 aromatic heterocycles. The molecule has 0 atom stereocenters. The summed E-state index contributed by atoms with van der Waals surface area (Å²) in [6, 6.07) is 11.8. The Morgan fingerprint density at radius 1 is 0.833 bits per heavy atom. The number of amides is 1. The molecule has 2 aromatic rings. The van der Waals surface area contributed by atoms with Gasteiger partial charge in [-0.05, 0) is 55.2 Å². The summed E-state index contributed by atoms with van der Waals surface area (Å²) in [5.74, 6) is 2.70. The highest BCUT2D eigenvalue weighted by Crippen LogP contribution is 2.20. The van der Waals surface area contributed by atoms with Gasteiger partial charge >= 0.3 is 0 Å². The molecule has 2 saturated heterocycles. The number of anilines is 2. The molecule has 7 nitrogen and oxygen atoms in total. The second kappa shape index (κ2) is 9.61. The fourth-order valence-corrected chi connectivity index (χ4v) is 3.92. The van der Waals surface area contributed by atoms with Gasteiger partial charge in [0.25, 0.3) is 0 Å². The largest absolute Gasteiger partial charge is 0.497 e. The van der Waals surface area contributed by atoms with E-state index in [0.717, 1.165) is 49.1 Å². The monoisotopic (exact) mass is 407 g/mol. The van der Waals surface area contributed by atoms with E-state index < -0.39 is 0 Å². The van der Waals surface area contributed by atoms with Crippen molar-refractivity contribution in [3.8, 4) is 5.75 Å². The third kappa shape index (κ3) is 4.90. The van der Waals surface area contributed by atoms with E-state index in [9.17, 15) is 4.79 Å². The number of aromatic nitrogens is 2. The number of ether oxygens (including phenoxy) is 1. The first-order chi connectivity index (χ1) is 14.7. The van der Waals surface area contributed by atoms with Crippen LogP contribution in [0.15, 0.2) is 42.5 Å². The van der Waals surface area contributed by atoms with Crippen LogP contribution in [0.5, 0.6) is 5.75 Å². The Labute approximate surface area is 177 Å². The number of carbonyl (C=O) groups excluding carboxylic acids is 1. The van der Waals surface area contributed by atoms with Gasteiger partial charge in [-0.2, -0.15) is 0 Å². The first-order valence-corrected chi connectivity index (χ1v) is 10.7. The van der Waals surface area contributed by atoms with E-state index in [1.165, 1.54) is 19.3 Å². The Morgan fingerprint density at radius 2 is 1.43 bits per heavy atom. The van der Waals surface area contributed by atoms with Crippen molar-refractivity contribution >= 4 is 23.6 Å². The van der Waals surface area contributed by atoms with Crippen LogP contribution in [0.4, 0.5) is 11.6 Å². The summed E-state index contributed by atoms with van der Waals surface area (Å²) in [7, 11) is 1.64. The van der Waals surface area contributed by atoms with Crippen LogP contribution in [0, 0.1) is 0 Å². The highest BCUT2D eigenvalue weighted by molar-refractivity contribution is 5.92. The number of benzene rings is 1. The first-order valence-electron chi connectivity index (χ1n) is 10.7. The van der Waals surface area contributed by atoms with E-state index in [4.69, 9.17) is 4.74 Å². The van der Waals surface area contributed by atoms with Crippen LogP contribution in [-0.4, -0.2) is 67.4 Å². The van der Waals surface area contributed by atoms with Gasteiger partial charge in [-0.15, -0.1) is 10.2 Å². The topological polar surface area (TPSA) is 61.8 Å². The average Bonchev–Trinajstić information content (AvgIpc) is 2.83. The minimum Gasteiger partial charge on any atom is -0.497 e. The lowest BCUT2D eigenvalue weighted by molar-refractivity contribution is -0.126. The zero-order valence-corrected chi connectivity index (χ0v) is 17.5. The molecule has 3 heterocycles. The van der Waals surface area contributed by atoms with Crippen molar-refractivity contribution < 1.29 is 9.53 Å². The van der Waals surface area contributed by atoms with Crippen LogP contribution in [0.2, 0.25) is 0 Å². The zero-order chi connectivity index (χ0) is 20.8. The highest BCUT2D eigenvalue weighted by atomic mass is 16.5. The first kappa shape index (κ1) is 20.2. The molecule has 2 fully saturated rings. The number of methoxy groups -OCH3 is 1. The summed E-state index contributed by atoms with van der Waals surface area (Å²) in [6.07, 6.45) is 7.25. The molecule has 0 unspecified atom stereocenters. The summed E-state index contributed by atoms with van der Waals surface area (Å²) in [5, 5.41) is 8.88. The third-order valence-corrected chi connectivity index (χ3v) is 5.77. The quantitative estimate of drug-likeness (QED) is 0.711. The van der Waals surface area contributed by atoms with E-state index in [1.54, 1.807) is 13.2 Å². The summed E-state index contributed by atoms with van der Waals surface area (Å²) in [6.45, 7) is 5.03. The minimum absolute atomic E-state index is 0.0389. The van der Waals surface area contributed by atoms with E-state index in [0.29, 0.717) is 13.1 Å². The maximum atomic E-state index is 12.5. The van der Waals surface area contributed by atoms with Crippen molar-refractivity contribution in [3.63, 3.8) is 0 Å². The number of piperidine rings is 1. The van der Waals surface area contributed by atoms with Gasteiger partial charge < -0.3 is 19.4 Å². The Hall–Kier alpha value is -3.09. The van der Waals surface area contributed by atoms with Crippen LogP contribution in [-0.2, 0) is 4.79 Å². The molecule has 158 valence electrons. The lowest BCUT2D eigenvalue weighted by atomic mass is 10.1. The molecule has 0 N–H and O–H groups in total. The Morgan fingerprint density at radius 3 is 2.00 bits per heavy atom. The predicted octanol–water partition coefficient (Wildman–Crippen LogP) is 2.84. The summed E-state index contributed by atoms with van der Waals surface area (Å²) >= 11 is 0. The van der Waals surface area contributed by atoms with Crippen LogP contribution < -0.4 is 14.5 Å². The van der Waals surface area contributed by atoms with Gasteiger partial charge in [0.05, 0.1) is 7.11 Å². The van der Waals surface area contributed by atoms with Gasteiger partial charge in [-0.1, -0.05) is 12.1 Å². The maximum Gasteiger partial charge on any atom is 0.246 e. The third-order valence-electron chi connectivity index (χ3n) is 5.77. The number of hydrogen-bond donors (Lipinski definition) is 0. The molecule has 1 amide bonds. The number of rotatable bonds is 5. The van der Waals surface area contributed by atoms with Crippen LogP contribution >= 0.6 is 0 Å². The van der Waals surface area contributed by atoms with Crippen LogP contribution in [0.25, 0.3) is 6.08 Å². The van der Waals surface area contributed by atoms with Crippen LogP contribution in [0.1, 0.15) is 24.8 Å². The molecule has 2 aliphatic heterocycles. The molecule has 4 rings (SSSR count). The van der Waals surface area contributed by atoms with E-state index in [-0.39, 0.29) is 5.91 Å². The lowest BCUT2D eigenvalue weighted by Crippen LogP contribution is -2.48. The van der Waals surface area contributed by atoms with Gasteiger partial charge in [-0.25, -0.2) is 0 Å². The van der Waals surface area contributed by atoms with Gasteiger partial charge in [0.2, 0.25) is 5.91 Å². The van der Waals surface area contributed by atoms with Crippen LogP contribution in [0.3, 0.4) is 0 Å². The number of nitrogens with zero attached hydrogens (tertiary/aromatic N) is 5.